The van der Waals surface area contributed by atoms with E-state index in [9.17, 15) is 9.90 Å². The number of aromatic nitrogens is 2. The minimum Gasteiger partial charge on any atom is -0.393 e. The summed E-state index contributed by atoms with van der Waals surface area (Å²) in [5, 5.41) is 17.1. The van der Waals surface area contributed by atoms with Crippen LogP contribution in [0, 0.1) is 19.8 Å². The lowest BCUT2D eigenvalue weighted by Crippen LogP contribution is -2.27. The van der Waals surface area contributed by atoms with E-state index in [1.54, 1.807) is 6.08 Å². The second kappa shape index (κ2) is 8.62. The topological polar surface area (TPSA) is 67.2 Å². The van der Waals surface area contributed by atoms with Gasteiger partial charge in [0.1, 0.15) is 0 Å². The molecule has 134 valence electrons. The fraction of sp³-hybridized carbons (Fsp3) is 0.400. The molecule has 1 atom stereocenters. The van der Waals surface area contributed by atoms with E-state index in [2.05, 4.69) is 10.4 Å². The summed E-state index contributed by atoms with van der Waals surface area (Å²) >= 11 is 0. The first-order valence-electron chi connectivity index (χ1n) is 8.65. The number of hydrogen-bond acceptors (Lipinski definition) is 3. The van der Waals surface area contributed by atoms with Gasteiger partial charge in [-0.25, -0.2) is 4.68 Å². The van der Waals surface area contributed by atoms with Crippen LogP contribution in [0.4, 0.5) is 0 Å². The molecule has 0 fully saturated rings. The normalized spacial score (nSPS) is 12.7. The van der Waals surface area contributed by atoms with Gasteiger partial charge in [-0.3, -0.25) is 4.79 Å². The summed E-state index contributed by atoms with van der Waals surface area (Å²) in [6.45, 7) is 8.31. The van der Waals surface area contributed by atoms with Gasteiger partial charge >= 0.3 is 0 Å². The van der Waals surface area contributed by atoms with Crippen molar-refractivity contribution >= 4 is 12.0 Å². The fourth-order valence-electron chi connectivity index (χ4n) is 2.61. The second-order valence-corrected chi connectivity index (χ2v) is 6.56. The van der Waals surface area contributed by atoms with Crippen LogP contribution >= 0.6 is 0 Å². The summed E-state index contributed by atoms with van der Waals surface area (Å²) < 4.78 is 1.88. The van der Waals surface area contributed by atoms with Crippen molar-refractivity contribution < 1.29 is 9.90 Å². The molecule has 0 aliphatic heterocycles. The van der Waals surface area contributed by atoms with E-state index in [0.717, 1.165) is 22.6 Å². The van der Waals surface area contributed by atoms with E-state index >= 15 is 0 Å². The van der Waals surface area contributed by atoms with Crippen LogP contribution in [-0.2, 0) is 4.79 Å². The van der Waals surface area contributed by atoms with Crippen LogP contribution in [0.5, 0.6) is 0 Å². The Bertz CT molecular complexity index is 733. The van der Waals surface area contributed by atoms with Gasteiger partial charge in [-0.15, -0.1) is 0 Å². The van der Waals surface area contributed by atoms with Crippen LogP contribution in [0.3, 0.4) is 0 Å². The Morgan fingerprint density at radius 2 is 1.96 bits per heavy atom. The third-order valence-corrected chi connectivity index (χ3v) is 4.26. The van der Waals surface area contributed by atoms with Crippen LogP contribution in [0.1, 0.15) is 37.2 Å². The van der Waals surface area contributed by atoms with Gasteiger partial charge in [-0.2, -0.15) is 5.10 Å². The Hall–Kier alpha value is -2.40. The quantitative estimate of drug-likeness (QED) is 0.761. The highest BCUT2D eigenvalue weighted by Crippen LogP contribution is 2.19. The lowest BCUT2D eigenvalue weighted by Gasteiger charge is -2.13. The van der Waals surface area contributed by atoms with Gasteiger partial charge in [0, 0.05) is 23.9 Å². The number of hydrogen-bond donors (Lipinski definition) is 2. The minimum absolute atomic E-state index is 0.165. The van der Waals surface area contributed by atoms with Crippen LogP contribution in [0.25, 0.3) is 11.8 Å². The maximum absolute atomic E-state index is 12.0. The zero-order valence-corrected chi connectivity index (χ0v) is 15.4. The van der Waals surface area contributed by atoms with Gasteiger partial charge in [0.15, 0.2) is 0 Å². The third kappa shape index (κ3) is 5.03. The molecule has 0 aliphatic rings. The number of nitrogens with one attached hydrogen (secondary N) is 1. The molecular formula is C20H27N3O2. The molecule has 1 aromatic carbocycles. The standard InChI is InChI=1S/C20H27N3O2/c1-14(2)19(24)12-13-21-20(25)11-10-18-15(3)22-23(16(18)4)17-8-6-5-7-9-17/h5-11,14,19,24H,12-13H2,1-4H3,(H,21,25). The van der Waals surface area contributed by atoms with Crippen molar-refractivity contribution in [3.8, 4) is 5.69 Å². The lowest BCUT2D eigenvalue weighted by atomic mass is 10.0. The summed E-state index contributed by atoms with van der Waals surface area (Å²) in [5.41, 5.74) is 3.81. The largest absolute Gasteiger partial charge is 0.393 e. The van der Waals surface area contributed by atoms with E-state index in [1.807, 2.05) is 62.7 Å². The highest BCUT2D eigenvalue weighted by molar-refractivity contribution is 5.92. The number of para-hydroxylation sites is 1. The molecule has 0 saturated carbocycles. The predicted molar refractivity (Wildman–Crippen MR) is 101 cm³/mol. The second-order valence-electron chi connectivity index (χ2n) is 6.56. The summed E-state index contributed by atoms with van der Waals surface area (Å²) in [5.74, 6) is 0.0313. The monoisotopic (exact) mass is 341 g/mol. The van der Waals surface area contributed by atoms with Crippen molar-refractivity contribution in [2.75, 3.05) is 6.54 Å². The first-order valence-corrected chi connectivity index (χ1v) is 8.65. The molecule has 0 aliphatic carbocycles. The Morgan fingerprint density at radius 1 is 1.28 bits per heavy atom. The van der Waals surface area contributed by atoms with Gasteiger partial charge in [0.2, 0.25) is 5.91 Å². The zero-order valence-electron chi connectivity index (χ0n) is 15.4. The molecule has 0 bridgehead atoms. The fourth-order valence-corrected chi connectivity index (χ4v) is 2.61. The van der Waals surface area contributed by atoms with Gasteiger partial charge in [-0.05, 0) is 44.4 Å². The summed E-state index contributed by atoms with van der Waals surface area (Å²) in [6, 6.07) is 9.91. The van der Waals surface area contributed by atoms with Crippen LogP contribution in [0.15, 0.2) is 36.4 Å². The summed E-state index contributed by atoms with van der Waals surface area (Å²) in [4.78, 5) is 12.0. The molecule has 1 aromatic heterocycles. The molecule has 25 heavy (non-hydrogen) atoms. The van der Waals surface area contributed by atoms with Gasteiger partial charge < -0.3 is 10.4 Å². The average Bonchev–Trinajstić information content (AvgIpc) is 2.88. The minimum atomic E-state index is -0.391. The van der Waals surface area contributed by atoms with Gasteiger partial charge in [0.25, 0.3) is 0 Å². The summed E-state index contributed by atoms with van der Waals surface area (Å²) in [7, 11) is 0. The van der Waals surface area contributed by atoms with E-state index in [1.165, 1.54) is 6.08 Å². The molecule has 5 nitrogen and oxygen atoms in total. The molecule has 1 amide bonds. The molecule has 2 N–H and O–H groups in total. The molecule has 2 rings (SSSR count). The first kappa shape index (κ1) is 18.9. The third-order valence-electron chi connectivity index (χ3n) is 4.26. The number of rotatable bonds is 7. The Balaban J connectivity index is 2.01. The molecule has 0 radical (unpaired) electrons. The van der Waals surface area contributed by atoms with Gasteiger partial charge in [-0.1, -0.05) is 32.0 Å². The Kier molecular flexibility index (Phi) is 6.53. The molecular weight excluding hydrogens is 314 g/mol. The van der Waals surface area contributed by atoms with E-state index in [4.69, 9.17) is 0 Å². The van der Waals surface area contributed by atoms with Crippen molar-refractivity contribution in [2.24, 2.45) is 5.92 Å². The van der Waals surface area contributed by atoms with Crippen molar-refractivity contribution in [1.82, 2.24) is 15.1 Å². The number of amides is 1. The molecule has 0 saturated heterocycles. The SMILES string of the molecule is Cc1nn(-c2ccccc2)c(C)c1C=CC(=O)NCCC(O)C(C)C. The predicted octanol–water partition coefficient (Wildman–Crippen LogP) is 3.03. The van der Waals surface area contributed by atoms with E-state index < -0.39 is 6.10 Å². The van der Waals surface area contributed by atoms with Crippen molar-refractivity contribution in [3.63, 3.8) is 0 Å². The van der Waals surface area contributed by atoms with Gasteiger partial charge in [0.05, 0.1) is 17.5 Å². The number of aryl methyl sites for hydroxylation is 1. The Morgan fingerprint density at radius 3 is 2.60 bits per heavy atom. The number of aliphatic hydroxyl groups excluding tert-OH is 1. The molecule has 0 spiro atoms. The molecule has 1 unspecified atom stereocenters. The van der Waals surface area contributed by atoms with Crippen LogP contribution in [-0.4, -0.2) is 33.4 Å². The maximum Gasteiger partial charge on any atom is 0.244 e. The maximum atomic E-state index is 12.0. The number of carbonyl (C=O) groups excluding carboxylic acids is 1. The number of aliphatic hydroxyl groups is 1. The van der Waals surface area contributed by atoms with Crippen LogP contribution in [0.2, 0.25) is 0 Å². The number of benzene rings is 1. The molecule has 1 heterocycles. The van der Waals surface area contributed by atoms with Crippen molar-refractivity contribution in [2.45, 2.75) is 40.2 Å². The highest BCUT2D eigenvalue weighted by Gasteiger charge is 2.11. The Labute approximate surface area is 149 Å². The average molecular weight is 341 g/mol. The summed E-state index contributed by atoms with van der Waals surface area (Å²) in [6.07, 6.45) is 3.48. The van der Waals surface area contributed by atoms with Crippen molar-refractivity contribution in [3.05, 3.63) is 53.4 Å². The molecule has 5 heteroatoms. The smallest absolute Gasteiger partial charge is 0.244 e. The van der Waals surface area contributed by atoms with E-state index in [-0.39, 0.29) is 11.8 Å². The highest BCUT2D eigenvalue weighted by atomic mass is 16.3. The number of nitrogens with zero attached hydrogens (tertiary/aromatic N) is 2. The first-order chi connectivity index (χ1) is 11.9. The van der Waals surface area contributed by atoms with Crippen LogP contribution < -0.4 is 5.32 Å². The zero-order chi connectivity index (χ0) is 18.4. The van der Waals surface area contributed by atoms with E-state index in [0.29, 0.717) is 13.0 Å². The number of carbonyl (C=O) groups is 1. The van der Waals surface area contributed by atoms with Crippen molar-refractivity contribution in [1.29, 1.82) is 0 Å². The lowest BCUT2D eigenvalue weighted by molar-refractivity contribution is -0.116. The molecule has 2 aromatic rings.